The van der Waals surface area contributed by atoms with Crippen molar-refractivity contribution in [3.05, 3.63) is 12.7 Å². The average Bonchev–Trinajstić information content (AvgIpc) is 2.45. The summed E-state index contributed by atoms with van der Waals surface area (Å²) in [6, 6.07) is 0.0471. The van der Waals surface area contributed by atoms with Gasteiger partial charge in [0, 0.05) is 19.1 Å². The van der Waals surface area contributed by atoms with Gasteiger partial charge in [0.2, 0.25) is 0 Å². The molecule has 1 rings (SSSR count). The van der Waals surface area contributed by atoms with Crippen molar-refractivity contribution < 1.29 is 19.1 Å². The molecule has 1 aliphatic rings. The molecule has 0 radical (unpaired) electrons. The molecule has 1 aliphatic heterocycles. The minimum atomic E-state index is -0.501. The fraction of sp³-hybridized carbons (Fsp3) is 0.765. The van der Waals surface area contributed by atoms with E-state index in [9.17, 15) is 9.59 Å². The molecule has 23 heavy (non-hydrogen) atoms. The number of nitrogens with zero attached hydrogens (tertiary/aromatic N) is 1. The highest BCUT2D eigenvalue weighted by Crippen LogP contribution is 2.14. The summed E-state index contributed by atoms with van der Waals surface area (Å²) in [4.78, 5) is 25.8. The van der Waals surface area contributed by atoms with Crippen LogP contribution in [-0.2, 0) is 14.3 Å². The fourth-order valence-corrected chi connectivity index (χ4v) is 2.37. The van der Waals surface area contributed by atoms with Crippen LogP contribution in [0.2, 0.25) is 0 Å². The molecule has 6 nitrogen and oxygen atoms in total. The molecule has 1 saturated heterocycles. The lowest BCUT2D eigenvalue weighted by Gasteiger charge is -2.34. The molecule has 132 valence electrons. The van der Waals surface area contributed by atoms with Gasteiger partial charge in [-0.25, -0.2) is 4.79 Å². The van der Waals surface area contributed by atoms with Crippen molar-refractivity contribution in [3.8, 4) is 0 Å². The average molecular weight is 326 g/mol. The maximum atomic E-state index is 12.3. The lowest BCUT2D eigenvalue weighted by atomic mass is 10.0. The second-order valence-corrected chi connectivity index (χ2v) is 6.84. The van der Waals surface area contributed by atoms with Gasteiger partial charge in [0.15, 0.2) is 0 Å². The summed E-state index contributed by atoms with van der Waals surface area (Å²) in [5.41, 5.74) is -0.501. The highest BCUT2D eigenvalue weighted by atomic mass is 16.6. The number of hydrogen-bond acceptors (Lipinski definition) is 4. The first-order valence-electron chi connectivity index (χ1n) is 8.23. The Hall–Kier alpha value is -1.56. The van der Waals surface area contributed by atoms with Crippen LogP contribution in [0.4, 0.5) is 4.79 Å². The Morgan fingerprint density at radius 2 is 1.96 bits per heavy atom. The molecule has 2 amide bonds. The van der Waals surface area contributed by atoms with E-state index >= 15 is 0 Å². The zero-order valence-corrected chi connectivity index (χ0v) is 14.8. The number of carbonyl (C=O) groups excluding carboxylic acids is 2. The second kappa shape index (κ2) is 8.91. The summed E-state index contributed by atoms with van der Waals surface area (Å²) in [5, 5.41) is 2.86. The number of rotatable bonds is 6. The van der Waals surface area contributed by atoms with Crippen molar-refractivity contribution in [1.82, 2.24) is 10.2 Å². The number of nitrogens with one attached hydrogen (secondary N) is 1. The Kier molecular flexibility index (Phi) is 7.55. The number of carbonyl (C=O) groups is 2. The smallest absolute Gasteiger partial charge is 0.407 e. The monoisotopic (exact) mass is 326 g/mol. The summed E-state index contributed by atoms with van der Waals surface area (Å²) < 4.78 is 10.7. The van der Waals surface area contributed by atoms with Gasteiger partial charge >= 0.3 is 6.09 Å². The van der Waals surface area contributed by atoms with Crippen LogP contribution in [0.15, 0.2) is 12.7 Å². The first-order chi connectivity index (χ1) is 10.7. The van der Waals surface area contributed by atoms with Gasteiger partial charge in [0.25, 0.3) is 5.91 Å². The van der Waals surface area contributed by atoms with Crippen LogP contribution >= 0.6 is 0 Å². The molecule has 1 atom stereocenters. The molecule has 1 fully saturated rings. The predicted octanol–water partition coefficient (Wildman–Crippen LogP) is 2.48. The van der Waals surface area contributed by atoms with Gasteiger partial charge in [-0.1, -0.05) is 6.08 Å². The third-order valence-electron chi connectivity index (χ3n) is 3.57. The summed E-state index contributed by atoms with van der Waals surface area (Å²) in [6.45, 7) is 12.7. The van der Waals surface area contributed by atoms with Crippen molar-refractivity contribution in [1.29, 1.82) is 0 Å². The van der Waals surface area contributed by atoms with E-state index in [-0.39, 0.29) is 11.9 Å². The van der Waals surface area contributed by atoms with E-state index in [0.29, 0.717) is 19.7 Å². The van der Waals surface area contributed by atoms with Crippen molar-refractivity contribution >= 4 is 12.0 Å². The van der Waals surface area contributed by atoms with Crippen LogP contribution in [0, 0.1) is 0 Å². The molecule has 1 N–H and O–H groups in total. The number of piperidine rings is 1. The van der Waals surface area contributed by atoms with E-state index in [1.54, 1.807) is 17.9 Å². The highest BCUT2D eigenvalue weighted by molar-refractivity contribution is 5.80. The standard InChI is InChI=1S/C17H30N2O4/c1-6-7-12-22-13(2)15(20)19-10-8-14(9-11-19)18-16(21)23-17(3,4)5/h6,13-14H,1,7-12H2,2-5H3,(H,18,21). The maximum absolute atomic E-state index is 12.3. The van der Waals surface area contributed by atoms with Crippen LogP contribution in [-0.4, -0.2) is 54.3 Å². The van der Waals surface area contributed by atoms with E-state index in [2.05, 4.69) is 11.9 Å². The third kappa shape index (κ3) is 7.50. The van der Waals surface area contributed by atoms with E-state index in [0.717, 1.165) is 19.3 Å². The van der Waals surface area contributed by atoms with Gasteiger partial charge in [-0.2, -0.15) is 0 Å². The van der Waals surface area contributed by atoms with Gasteiger partial charge in [0.05, 0.1) is 6.61 Å². The zero-order chi connectivity index (χ0) is 17.5. The molecule has 0 aromatic rings. The lowest BCUT2D eigenvalue weighted by Crippen LogP contribution is -2.49. The predicted molar refractivity (Wildman–Crippen MR) is 89.2 cm³/mol. The van der Waals surface area contributed by atoms with Gasteiger partial charge in [0.1, 0.15) is 11.7 Å². The summed E-state index contributed by atoms with van der Waals surface area (Å²) in [5.74, 6) is 0.00443. The topological polar surface area (TPSA) is 67.9 Å². The van der Waals surface area contributed by atoms with Gasteiger partial charge in [-0.15, -0.1) is 6.58 Å². The zero-order valence-electron chi connectivity index (χ0n) is 14.8. The van der Waals surface area contributed by atoms with Crippen LogP contribution in [0.1, 0.15) is 47.0 Å². The summed E-state index contributed by atoms with van der Waals surface area (Å²) >= 11 is 0. The number of alkyl carbamates (subject to hydrolysis) is 1. The molecule has 1 unspecified atom stereocenters. The van der Waals surface area contributed by atoms with E-state index in [1.165, 1.54) is 0 Å². The molecular weight excluding hydrogens is 296 g/mol. The molecule has 0 aromatic carbocycles. The van der Waals surface area contributed by atoms with E-state index < -0.39 is 17.8 Å². The number of hydrogen-bond donors (Lipinski definition) is 1. The molecular formula is C17H30N2O4. The van der Waals surface area contributed by atoms with Crippen molar-refractivity contribution in [2.45, 2.75) is 64.7 Å². The Morgan fingerprint density at radius 1 is 1.35 bits per heavy atom. The Morgan fingerprint density at radius 3 is 2.48 bits per heavy atom. The minimum Gasteiger partial charge on any atom is -0.444 e. The van der Waals surface area contributed by atoms with Crippen LogP contribution in [0.5, 0.6) is 0 Å². The maximum Gasteiger partial charge on any atom is 0.407 e. The first-order valence-corrected chi connectivity index (χ1v) is 8.23. The molecule has 1 heterocycles. The van der Waals surface area contributed by atoms with Crippen LogP contribution in [0.3, 0.4) is 0 Å². The number of ether oxygens (including phenoxy) is 2. The van der Waals surface area contributed by atoms with Crippen molar-refractivity contribution in [3.63, 3.8) is 0 Å². The molecule has 0 aromatic heterocycles. The van der Waals surface area contributed by atoms with Crippen molar-refractivity contribution in [2.24, 2.45) is 0 Å². The van der Waals surface area contributed by atoms with Gasteiger partial charge < -0.3 is 19.7 Å². The number of amides is 2. The molecule has 6 heteroatoms. The Labute approximate surface area is 139 Å². The van der Waals surface area contributed by atoms with E-state index in [1.807, 2.05) is 20.8 Å². The molecule has 0 bridgehead atoms. The van der Waals surface area contributed by atoms with E-state index in [4.69, 9.17) is 9.47 Å². The molecule has 0 aliphatic carbocycles. The molecule has 0 spiro atoms. The normalized spacial score (nSPS) is 17.5. The SMILES string of the molecule is C=CCCOC(C)C(=O)N1CCC(NC(=O)OC(C)(C)C)CC1. The Balaban J connectivity index is 2.33. The highest BCUT2D eigenvalue weighted by Gasteiger charge is 2.28. The first kappa shape index (κ1) is 19.5. The largest absolute Gasteiger partial charge is 0.444 e. The van der Waals surface area contributed by atoms with Crippen molar-refractivity contribution in [2.75, 3.05) is 19.7 Å². The quantitative estimate of drug-likeness (QED) is 0.601. The lowest BCUT2D eigenvalue weighted by molar-refractivity contribution is -0.143. The minimum absolute atomic E-state index is 0.00443. The Bertz CT molecular complexity index is 409. The van der Waals surface area contributed by atoms with Gasteiger partial charge in [-0.05, 0) is 47.0 Å². The molecule has 0 saturated carbocycles. The summed E-state index contributed by atoms with van der Waals surface area (Å²) in [7, 11) is 0. The van der Waals surface area contributed by atoms with Gasteiger partial charge in [-0.3, -0.25) is 4.79 Å². The van der Waals surface area contributed by atoms with Crippen LogP contribution in [0.25, 0.3) is 0 Å². The number of likely N-dealkylation sites (tertiary alicyclic amines) is 1. The third-order valence-corrected chi connectivity index (χ3v) is 3.57. The summed E-state index contributed by atoms with van der Waals surface area (Å²) in [6.07, 6.45) is 3.12. The fourth-order valence-electron chi connectivity index (χ4n) is 2.37. The second-order valence-electron chi connectivity index (χ2n) is 6.84. The van der Waals surface area contributed by atoms with Crippen LogP contribution < -0.4 is 5.32 Å².